The van der Waals surface area contributed by atoms with Crippen LogP contribution in [0, 0.1) is 0 Å². The number of aromatic amines is 1. The number of H-pyrrole nitrogens is 1. The van der Waals surface area contributed by atoms with Gasteiger partial charge in [0, 0.05) is 11.6 Å². The second kappa shape index (κ2) is 8.05. The highest BCUT2D eigenvalue weighted by atomic mass is 16.5. The molecule has 0 aliphatic rings. The molecule has 0 bridgehead atoms. The van der Waals surface area contributed by atoms with E-state index in [0.717, 1.165) is 11.8 Å². The molecule has 24 heavy (non-hydrogen) atoms. The van der Waals surface area contributed by atoms with Gasteiger partial charge in [-0.2, -0.15) is 5.10 Å². The molecule has 0 radical (unpaired) electrons. The summed E-state index contributed by atoms with van der Waals surface area (Å²) in [5.74, 6) is -0.922. The van der Waals surface area contributed by atoms with Crippen LogP contribution in [0.2, 0.25) is 0 Å². The smallest absolute Gasteiger partial charge is 0.340 e. The molecule has 7 nitrogen and oxygen atoms in total. The van der Waals surface area contributed by atoms with Crippen LogP contribution in [-0.4, -0.2) is 35.4 Å². The lowest BCUT2D eigenvalue weighted by Gasteiger charge is -2.10. The van der Waals surface area contributed by atoms with Crippen LogP contribution < -0.4 is 5.32 Å². The molecule has 0 saturated heterocycles. The molecule has 0 aliphatic carbocycles. The highest BCUT2D eigenvalue weighted by Crippen LogP contribution is 2.24. The van der Waals surface area contributed by atoms with Crippen molar-refractivity contribution in [2.24, 2.45) is 4.99 Å². The summed E-state index contributed by atoms with van der Waals surface area (Å²) in [4.78, 5) is 28.6. The Hall–Kier alpha value is -2.96. The predicted molar refractivity (Wildman–Crippen MR) is 93.2 cm³/mol. The average molecular weight is 328 g/mol. The predicted octanol–water partition coefficient (Wildman–Crippen LogP) is 3.06. The van der Waals surface area contributed by atoms with Crippen LogP contribution >= 0.6 is 0 Å². The Bertz CT molecular complexity index is 805. The normalized spacial score (nSPS) is 11.9. The molecule has 1 amide bonds. The lowest BCUT2D eigenvalue weighted by molar-refractivity contribution is -0.112. The Morgan fingerprint density at radius 2 is 2.12 bits per heavy atom. The number of amides is 1. The number of carbonyl (C=O) groups is 2. The number of nitrogens with zero attached hydrogens (tertiary/aromatic N) is 2. The Kier molecular flexibility index (Phi) is 5.83. The number of nitrogens with one attached hydrogen (secondary N) is 2. The Morgan fingerprint density at radius 3 is 2.79 bits per heavy atom. The Labute approximate surface area is 139 Å². The van der Waals surface area contributed by atoms with Gasteiger partial charge in [-0.3, -0.25) is 14.9 Å². The Morgan fingerprint density at radius 1 is 1.33 bits per heavy atom. The van der Waals surface area contributed by atoms with Crippen molar-refractivity contribution < 1.29 is 14.3 Å². The molecule has 2 rings (SSSR count). The fourth-order valence-electron chi connectivity index (χ4n) is 2.15. The van der Waals surface area contributed by atoms with E-state index in [0.29, 0.717) is 23.3 Å². The molecular formula is C17H20N4O3. The van der Waals surface area contributed by atoms with Crippen molar-refractivity contribution in [3.05, 3.63) is 35.7 Å². The lowest BCUT2D eigenvalue weighted by atomic mass is 10.1. The van der Waals surface area contributed by atoms with Crippen LogP contribution in [0.25, 0.3) is 10.9 Å². The number of anilines is 1. The summed E-state index contributed by atoms with van der Waals surface area (Å²) in [6.07, 6.45) is 6.42. The number of fused-ring (bicyclic) bond motifs is 1. The van der Waals surface area contributed by atoms with Gasteiger partial charge in [0.15, 0.2) is 0 Å². The van der Waals surface area contributed by atoms with Crippen molar-refractivity contribution in [3.63, 3.8) is 0 Å². The van der Waals surface area contributed by atoms with Gasteiger partial charge in [0.1, 0.15) is 5.70 Å². The molecule has 0 atom stereocenters. The molecule has 0 saturated carbocycles. The van der Waals surface area contributed by atoms with Gasteiger partial charge in [-0.1, -0.05) is 19.9 Å². The largest absolute Gasteiger partial charge is 0.465 e. The van der Waals surface area contributed by atoms with Crippen molar-refractivity contribution in [1.82, 2.24) is 10.2 Å². The van der Waals surface area contributed by atoms with Crippen molar-refractivity contribution in [2.75, 3.05) is 12.4 Å². The van der Waals surface area contributed by atoms with E-state index in [1.807, 2.05) is 13.8 Å². The summed E-state index contributed by atoms with van der Waals surface area (Å²) in [5.41, 5.74) is 1.59. The highest BCUT2D eigenvalue weighted by molar-refractivity contribution is 6.09. The number of benzene rings is 1. The number of aliphatic imine (C=N–C) groups is 1. The van der Waals surface area contributed by atoms with Crippen LogP contribution in [0.4, 0.5) is 5.69 Å². The number of methoxy groups -OCH3 is 1. The fourth-order valence-corrected chi connectivity index (χ4v) is 2.15. The first-order chi connectivity index (χ1) is 11.6. The maximum absolute atomic E-state index is 12.5. The van der Waals surface area contributed by atoms with Gasteiger partial charge in [0.25, 0.3) is 5.91 Å². The maximum atomic E-state index is 12.5. The number of ether oxygens (including phenoxy) is 1. The standard InChI is InChI=1S/C17H20N4O3/c1-4-6-13(18-7-5-2)16(22)20-15-8-11-10-19-21-14(11)9-12(15)17(23)24-3/h6-10H,4-5H2,1-3H3,(H,19,21)(H,20,22)/b13-6-,18-7-. The number of rotatable bonds is 6. The first kappa shape index (κ1) is 17.4. The molecule has 2 N–H and O–H groups in total. The zero-order valence-corrected chi connectivity index (χ0v) is 13.9. The topological polar surface area (TPSA) is 96.4 Å². The van der Waals surface area contributed by atoms with E-state index in [9.17, 15) is 9.59 Å². The molecule has 1 aromatic heterocycles. The molecule has 0 spiro atoms. The molecule has 0 unspecified atom stereocenters. The van der Waals surface area contributed by atoms with Gasteiger partial charge < -0.3 is 10.1 Å². The van der Waals surface area contributed by atoms with E-state index in [1.54, 1.807) is 30.6 Å². The van der Waals surface area contributed by atoms with Crippen molar-refractivity contribution in [2.45, 2.75) is 26.7 Å². The zero-order chi connectivity index (χ0) is 17.5. The maximum Gasteiger partial charge on any atom is 0.340 e. The first-order valence-electron chi connectivity index (χ1n) is 7.70. The quantitative estimate of drug-likeness (QED) is 0.484. The van der Waals surface area contributed by atoms with Gasteiger partial charge >= 0.3 is 5.97 Å². The first-order valence-corrected chi connectivity index (χ1v) is 7.70. The number of esters is 1. The minimum atomic E-state index is -0.542. The zero-order valence-electron chi connectivity index (χ0n) is 13.9. The van der Waals surface area contributed by atoms with Crippen LogP contribution in [-0.2, 0) is 9.53 Å². The second-order valence-corrected chi connectivity index (χ2v) is 5.02. The number of hydrogen-bond donors (Lipinski definition) is 2. The molecule has 0 fully saturated rings. The summed E-state index contributed by atoms with van der Waals surface area (Å²) >= 11 is 0. The second-order valence-electron chi connectivity index (χ2n) is 5.02. The van der Waals surface area contributed by atoms with Crippen LogP contribution in [0.1, 0.15) is 37.0 Å². The van der Waals surface area contributed by atoms with Crippen molar-refractivity contribution >= 4 is 34.7 Å². The summed E-state index contributed by atoms with van der Waals surface area (Å²) in [6.45, 7) is 3.86. The van der Waals surface area contributed by atoms with Crippen LogP contribution in [0.3, 0.4) is 0 Å². The number of allylic oxidation sites excluding steroid dienone is 1. The molecule has 126 valence electrons. The third kappa shape index (κ3) is 3.87. The van der Waals surface area contributed by atoms with E-state index in [-0.39, 0.29) is 11.5 Å². The van der Waals surface area contributed by atoms with Crippen molar-refractivity contribution in [3.8, 4) is 0 Å². The lowest BCUT2D eigenvalue weighted by Crippen LogP contribution is -2.16. The molecule has 2 aromatic rings. The number of hydrogen-bond acceptors (Lipinski definition) is 5. The van der Waals surface area contributed by atoms with E-state index in [2.05, 4.69) is 20.5 Å². The monoisotopic (exact) mass is 328 g/mol. The molecule has 1 heterocycles. The molecule has 0 aliphatic heterocycles. The van der Waals surface area contributed by atoms with Crippen LogP contribution in [0.15, 0.2) is 35.1 Å². The minimum Gasteiger partial charge on any atom is -0.465 e. The van der Waals surface area contributed by atoms with Gasteiger partial charge in [-0.15, -0.1) is 0 Å². The fraction of sp³-hybridized carbons (Fsp3) is 0.294. The van der Waals surface area contributed by atoms with Gasteiger partial charge in [-0.05, 0) is 25.0 Å². The highest BCUT2D eigenvalue weighted by Gasteiger charge is 2.17. The molecule has 1 aromatic carbocycles. The number of carbonyl (C=O) groups excluding carboxylic acids is 2. The van der Waals surface area contributed by atoms with E-state index in [1.165, 1.54) is 7.11 Å². The van der Waals surface area contributed by atoms with Gasteiger partial charge in [0.2, 0.25) is 0 Å². The summed E-state index contributed by atoms with van der Waals surface area (Å²) in [7, 11) is 1.29. The van der Waals surface area contributed by atoms with Crippen molar-refractivity contribution in [1.29, 1.82) is 0 Å². The summed E-state index contributed by atoms with van der Waals surface area (Å²) in [5, 5.41) is 10.2. The van der Waals surface area contributed by atoms with E-state index in [4.69, 9.17) is 4.74 Å². The van der Waals surface area contributed by atoms with Gasteiger partial charge in [-0.25, -0.2) is 4.79 Å². The number of aromatic nitrogens is 2. The summed E-state index contributed by atoms with van der Waals surface area (Å²) in [6, 6.07) is 3.28. The third-order valence-corrected chi connectivity index (χ3v) is 3.27. The van der Waals surface area contributed by atoms with E-state index >= 15 is 0 Å². The minimum absolute atomic E-state index is 0.248. The molecular weight excluding hydrogens is 308 g/mol. The van der Waals surface area contributed by atoms with Crippen LogP contribution in [0.5, 0.6) is 0 Å². The van der Waals surface area contributed by atoms with Gasteiger partial charge in [0.05, 0.1) is 30.1 Å². The molecule has 7 heteroatoms. The van der Waals surface area contributed by atoms with E-state index < -0.39 is 5.97 Å². The third-order valence-electron chi connectivity index (χ3n) is 3.27. The summed E-state index contributed by atoms with van der Waals surface area (Å²) < 4.78 is 4.79. The Balaban J connectivity index is 2.39. The SMILES string of the molecule is CC/C=N\C(=C/CC)C(=O)Nc1cc2cn[nH]c2cc1C(=O)OC. The average Bonchev–Trinajstić information content (AvgIpc) is 3.04.